The van der Waals surface area contributed by atoms with E-state index in [4.69, 9.17) is 5.11 Å². The Labute approximate surface area is 86.3 Å². The topological polar surface area (TPSA) is 40.5 Å². The van der Waals surface area contributed by atoms with E-state index in [2.05, 4.69) is 15.9 Å². The average molecular weight is 245 g/mol. The van der Waals surface area contributed by atoms with Crippen molar-refractivity contribution in [2.24, 2.45) is 0 Å². The van der Waals surface area contributed by atoms with Crippen LogP contribution in [0.1, 0.15) is 12.0 Å². The zero-order chi connectivity index (χ0) is 9.68. The first-order valence-electron chi connectivity index (χ1n) is 4.25. The lowest BCUT2D eigenvalue weighted by Crippen LogP contribution is -2.11. The van der Waals surface area contributed by atoms with Gasteiger partial charge in [0.2, 0.25) is 0 Å². The smallest absolute Gasteiger partial charge is 0.0602 e. The van der Waals surface area contributed by atoms with E-state index in [1.807, 2.05) is 24.3 Å². The van der Waals surface area contributed by atoms with Crippen molar-refractivity contribution in [3.63, 3.8) is 0 Å². The molecule has 2 nitrogen and oxygen atoms in total. The van der Waals surface area contributed by atoms with Crippen LogP contribution in [-0.2, 0) is 6.42 Å². The maximum Gasteiger partial charge on any atom is 0.0602 e. The highest BCUT2D eigenvalue weighted by atomic mass is 79.9. The highest BCUT2D eigenvalue weighted by molar-refractivity contribution is 9.10. The lowest BCUT2D eigenvalue weighted by atomic mass is 10.1. The van der Waals surface area contributed by atoms with E-state index in [0.29, 0.717) is 12.8 Å². The fraction of sp³-hybridized carbons (Fsp3) is 0.400. The predicted molar refractivity (Wildman–Crippen MR) is 55.6 cm³/mol. The monoisotopic (exact) mass is 244 g/mol. The van der Waals surface area contributed by atoms with Crippen molar-refractivity contribution in [2.45, 2.75) is 18.9 Å². The molecule has 3 heteroatoms. The van der Waals surface area contributed by atoms with Gasteiger partial charge in [0, 0.05) is 11.1 Å². The first-order chi connectivity index (χ1) is 6.22. The van der Waals surface area contributed by atoms with Crippen LogP contribution in [0, 0.1) is 0 Å². The molecule has 0 aliphatic rings. The SMILES string of the molecule is OCCC(O)Cc1ccc(Br)cc1. The van der Waals surface area contributed by atoms with Gasteiger partial charge in [0.15, 0.2) is 0 Å². The van der Waals surface area contributed by atoms with Crippen LogP contribution in [0.2, 0.25) is 0 Å². The molecule has 2 N–H and O–H groups in total. The molecule has 72 valence electrons. The molecule has 0 bridgehead atoms. The molecule has 0 saturated carbocycles. The molecule has 0 radical (unpaired) electrons. The molecule has 1 aromatic carbocycles. The third kappa shape index (κ3) is 3.89. The second-order valence-electron chi connectivity index (χ2n) is 3.00. The maximum absolute atomic E-state index is 9.40. The minimum absolute atomic E-state index is 0.0394. The molecule has 0 amide bonds. The minimum atomic E-state index is -0.439. The lowest BCUT2D eigenvalue weighted by molar-refractivity contribution is 0.133. The van der Waals surface area contributed by atoms with Crippen LogP contribution in [0.25, 0.3) is 0 Å². The Hall–Kier alpha value is -0.380. The summed E-state index contributed by atoms with van der Waals surface area (Å²) < 4.78 is 1.04. The number of benzene rings is 1. The van der Waals surface area contributed by atoms with Gasteiger partial charge in [-0.3, -0.25) is 0 Å². The van der Waals surface area contributed by atoms with Crippen molar-refractivity contribution in [3.05, 3.63) is 34.3 Å². The van der Waals surface area contributed by atoms with Gasteiger partial charge in [0.05, 0.1) is 6.10 Å². The van der Waals surface area contributed by atoms with Crippen molar-refractivity contribution in [3.8, 4) is 0 Å². The van der Waals surface area contributed by atoms with Gasteiger partial charge < -0.3 is 10.2 Å². The van der Waals surface area contributed by atoms with Crippen LogP contribution in [0.4, 0.5) is 0 Å². The Balaban J connectivity index is 2.49. The molecule has 13 heavy (non-hydrogen) atoms. The second kappa shape index (κ2) is 5.37. The summed E-state index contributed by atoms with van der Waals surface area (Å²) >= 11 is 3.34. The third-order valence-corrected chi connectivity index (χ3v) is 2.38. The number of aliphatic hydroxyl groups excluding tert-OH is 2. The summed E-state index contributed by atoms with van der Waals surface area (Å²) in [4.78, 5) is 0. The lowest BCUT2D eigenvalue weighted by Gasteiger charge is -2.08. The minimum Gasteiger partial charge on any atom is -0.396 e. The summed E-state index contributed by atoms with van der Waals surface area (Å²) in [7, 11) is 0. The first kappa shape index (κ1) is 10.7. The fourth-order valence-corrected chi connectivity index (χ4v) is 1.41. The molecule has 1 rings (SSSR count). The van der Waals surface area contributed by atoms with Gasteiger partial charge in [-0.1, -0.05) is 28.1 Å². The summed E-state index contributed by atoms with van der Waals surface area (Å²) in [6.45, 7) is 0.0394. The second-order valence-corrected chi connectivity index (χ2v) is 3.91. The van der Waals surface area contributed by atoms with Gasteiger partial charge in [-0.05, 0) is 30.5 Å². The molecule has 0 heterocycles. The van der Waals surface area contributed by atoms with Crippen molar-refractivity contribution < 1.29 is 10.2 Å². The average Bonchev–Trinajstić information content (AvgIpc) is 2.09. The third-order valence-electron chi connectivity index (χ3n) is 1.85. The highest BCUT2D eigenvalue weighted by Gasteiger charge is 2.03. The zero-order valence-corrected chi connectivity index (χ0v) is 8.87. The van der Waals surface area contributed by atoms with Crippen LogP contribution < -0.4 is 0 Å². The van der Waals surface area contributed by atoms with Gasteiger partial charge >= 0.3 is 0 Å². The molecule has 0 fully saturated rings. The van der Waals surface area contributed by atoms with E-state index in [0.717, 1.165) is 10.0 Å². The molecule has 1 aromatic rings. The summed E-state index contributed by atoms with van der Waals surface area (Å²) in [5.74, 6) is 0. The van der Waals surface area contributed by atoms with Gasteiger partial charge in [-0.25, -0.2) is 0 Å². The maximum atomic E-state index is 9.40. The van der Waals surface area contributed by atoms with Crippen LogP contribution >= 0.6 is 15.9 Å². The summed E-state index contributed by atoms with van der Waals surface area (Å²) in [6, 6.07) is 7.82. The normalized spacial score (nSPS) is 12.8. The molecule has 0 aliphatic heterocycles. The molecular weight excluding hydrogens is 232 g/mol. The number of rotatable bonds is 4. The van der Waals surface area contributed by atoms with Crippen molar-refractivity contribution in [1.29, 1.82) is 0 Å². The van der Waals surface area contributed by atoms with Crippen LogP contribution in [0.15, 0.2) is 28.7 Å². The van der Waals surface area contributed by atoms with Crippen LogP contribution in [0.5, 0.6) is 0 Å². The van der Waals surface area contributed by atoms with Gasteiger partial charge in [0.25, 0.3) is 0 Å². The highest BCUT2D eigenvalue weighted by Crippen LogP contribution is 2.12. The molecule has 0 spiro atoms. The Bertz CT molecular complexity index is 246. The molecule has 1 unspecified atom stereocenters. The number of aliphatic hydroxyl groups is 2. The number of hydrogen-bond donors (Lipinski definition) is 2. The molecule has 0 saturated heterocycles. The standard InChI is InChI=1S/C10H13BrO2/c11-9-3-1-8(2-4-9)7-10(13)5-6-12/h1-4,10,12-13H,5-7H2. The Kier molecular flexibility index (Phi) is 4.42. The summed E-state index contributed by atoms with van der Waals surface area (Å²) in [6.07, 6.45) is 0.607. The largest absolute Gasteiger partial charge is 0.396 e. The molecule has 1 atom stereocenters. The molecular formula is C10H13BrO2. The van der Waals surface area contributed by atoms with Crippen molar-refractivity contribution >= 4 is 15.9 Å². The van der Waals surface area contributed by atoms with Crippen molar-refractivity contribution in [1.82, 2.24) is 0 Å². The predicted octanol–water partition coefficient (Wildman–Crippen LogP) is 1.73. The van der Waals surface area contributed by atoms with E-state index < -0.39 is 6.10 Å². The summed E-state index contributed by atoms with van der Waals surface area (Å²) in [5, 5.41) is 18.0. The Morgan fingerprint density at radius 2 is 1.85 bits per heavy atom. The van der Waals surface area contributed by atoms with Crippen LogP contribution in [-0.4, -0.2) is 22.9 Å². The first-order valence-corrected chi connectivity index (χ1v) is 5.05. The van der Waals surface area contributed by atoms with Gasteiger partial charge in [0.1, 0.15) is 0 Å². The van der Waals surface area contributed by atoms with Gasteiger partial charge in [-0.2, -0.15) is 0 Å². The van der Waals surface area contributed by atoms with E-state index in [-0.39, 0.29) is 6.61 Å². The fourth-order valence-electron chi connectivity index (χ4n) is 1.14. The Morgan fingerprint density at radius 3 is 2.38 bits per heavy atom. The van der Waals surface area contributed by atoms with E-state index >= 15 is 0 Å². The van der Waals surface area contributed by atoms with Crippen molar-refractivity contribution in [2.75, 3.05) is 6.61 Å². The number of halogens is 1. The Morgan fingerprint density at radius 1 is 1.23 bits per heavy atom. The quantitative estimate of drug-likeness (QED) is 0.848. The number of hydrogen-bond acceptors (Lipinski definition) is 2. The van der Waals surface area contributed by atoms with E-state index in [1.165, 1.54) is 0 Å². The van der Waals surface area contributed by atoms with Crippen LogP contribution in [0.3, 0.4) is 0 Å². The van der Waals surface area contributed by atoms with E-state index in [1.54, 1.807) is 0 Å². The molecule has 0 aromatic heterocycles. The molecule has 0 aliphatic carbocycles. The zero-order valence-electron chi connectivity index (χ0n) is 7.28. The summed E-state index contributed by atoms with van der Waals surface area (Å²) in [5.41, 5.74) is 1.09. The van der Waals surface area contributed by atoms with Gasteiger partial charge in [-0.15, -0.1) is 0 Å². The van der Waals surface area contributed by atoms with E-state index in [9.17, 15) is 5.11 Å².